The van der Waals surface area contributed by atoms with Gasteiger partial charge < -0.3 is 10.1 Å². The molecule has 7 heteroatoms. The van der Waals surface area contributed by atoms with Gasteiger partial charge in [-0.15, -0.1) is 0 Å². The predicted octanol–water partition coefficient (Wildman–Crippen LogP) is 5.91. The van der Waals surface area contributed by atoms with E-state index >= 15 is 0 Å². The Morgan fingerprint density at radius 1 is 0.968 bits per heavy atom. The van der Waals surface area contributed by atoms with Gasteiger partial charge in [0, 0.05) is 11.1 Å². The van der Waals surface area contributed by atoms with Crippen LogP contribution in [0, 0.1) is 5.41 Å². The molecule has 2 atom stereocenters. The molecule has 1 heterocycles. The topological polar surface area (TPSA) is 64.1 Å². The van der Waals surface area contributed by atoms with Crippen LogP contribution in [-0.2, 0) is 15.6 Å². The molecule has 2 aliphatic carbocycles. The molecule has 5 nitrogen and oxygen atoms in total. The molecule has 3 aromatic rings. The van der Waals surface area contributed by atoms with Crippen molar-refractivity contribution in [2.45, 2.75) is 44.4 Å². The minimum absolute atomic E-state index is 0.0566. The number of carbonyl (C=O) groups excluding carboxylic acids is 1. The Hall–Kier alpha value is -2.37. The second-order valence-electron chi connectivity index (χ2n) is 9.22. The van der Waals surface area contributed by atoms with Crippen LogP contribution in [0.1, 0.15) is 45.0 Å². The quantitative estimate of drug-likeness (QED) is 0.532. The largest absolute Gasteiger partial charge is 0.497 e. The molecule has 160 valence electrons. The first-order valence-electron chi connectivity index (χ1n) is 10.3. The summed E-state index contributed by atoms with van der Waals surface area (Å²) >= 11 is 12.5. The van der Waals surface area contributed by atoms with Crippen molar-refractivity contribution >= 4 is 45.8 Å². The monoisotopic (exact) mass is 455 g/mol. The van der Waals surface area contributed by atoms with E-state index in [1.54, 1.807) is 19.2 Å². The molecule has 2 aromatic carbocycles. The van der Waals surface area contributed by atoms with E-state index in [2.05, 4.69) is 26.1 Å². The molecule has 0 aliphatic heterocycles. The lowest BCUT2D eigenvalue weighted by atomic mass is 9.63. The molecule has 0 radical (unpaired) electrons. The van der Waals surface area contributed by atoms with Crippen molar-refractivity contribution in [2.24, 2.45) is 5.41 Å². The zero-order valence-electron chi connectivity index (χ0n) is 17.8. The minimum atomic E-state index is -0.787. The van der Waals surface area contributed by atoms with E-state index in [9.17, 15) is 4.79 Å². The van der Waals surface area contributed by atoms with Crippen LogP contribution in [0.3, 0.4) is 0 Å². The summed E-state index contributed by atoms with van der Waals surface area (Å²) in [5, 5.41) is 4.00. The lowest BCUT2D eigenvalue weighted by Crippen LogP contribution is -2.48. The van der Waals surface area contributed by atoms with E-state index in [-0.39, 0.29) is 16.7 Å². The average molecular weight is 456 g/mol. The van der Waals surface area contributed by atoms with Gasteiger partial charge in [-0.1, -0.05) is 44.0 Å². The van der Waals surface area contributed by atoms with Gasteiger partial charge in [0.15, 0.2) is 0 Å². The third-order valence-electron chi connectivity index (χ3n) is 7.82. The van der Waals surface area contributed by atoms with Gasteiger partial charge in [0.2, 0.25) is 5.91 Å². The number of halogens is 2. The van der Waals surface area contributed by atoms with E-state index in [0.29, 0.717) is 27.5 Å². The first-order valence-corrected chi connectivity index (χ1v) is 11.0. The van der Waals surface area contributed by atoms with Crippen molar-refractivity contribution in [2.75, 3.05) is 12.4 Å². The second-order valence-corrected chi connectivity index (χ2v) is 10.0. The van der Waals surface area contributed by atoms with Crippen molar-refractivity contribution in [1.82, 2.24) is 9.97 Å². The number of nitrogens with zero attached hydrogens (tertiary/aromatic N) is 2. The van der Waals surface area contributed by atoms with E-state index in [1.165, 1.54) is 0 Å². The predicted molar refractivity (Wildman–Crippen MR) is 123 cm³/mol. The summed E-state index contributed by atoms with van der Waals surface area (Å²) in [6.07, 6.45) is 1.58. The molecule has 0 spiro atoms. The van der Waals surface area contributed by atoms with Gasteiger partial charge in [0.25, 0.3) is 0 Å². The van der Waals surface area contributed by atoms with E-state index in [1.807, 2.05) is 24.3 Å². The fourth-order valence-corrected chi connectivity index (χ4v) is 5.83. The maximum Gasteiger partial charge on any atom is 0.237 e. The Bertz CT molecular complexity index is 1240. The average Bonchev–Trinajstić information content (AvgIpc) is 3.03. The molecular formula is C24H23Cl2N3O2. The molecule has 2 aliphatic rings. The van der Waals surface area contributed by atoms with Crippen LogP contribution in [0.5, 0.6) is 5.75 Å². The van der Waals surface area contributed by atoms with Gasteiger partial charge in [-0.05, 0) is 54.7 Å². The Morgan fingerprint density at radius 3 is 2.13 bits per heavy atom. The van der Waals surface area contributed by atoms with Crippen molar-refractivity contribution in [3.8, 4) is 5.75 Å². The highest BCUT2D eigenvalue weighted by Gasteiger charge is 2.73. The summed E-state index contributed by atoms with van der Waals surface area (Å²) < 4.78 is 5.22. The van der Waals surface area contributed by atoms with Gasteiger partial charge in [0.05, 0.1) is 45.0 Å². The van der Waals surface area contributed by atoms with Crippen molar-refractivity contribution in [3.05, 3.63) is 57.8 Å². The Balaban J connectivity index is 1.67. The van der Waals surface area contributed by atoms with Crippen molar-refractivity contribution in [1.29, 1.82) is 0 Å². The van der Waals surface area contributed by atoms with Crippen LogP contribution in [0.2, 0.25) is 10.0 Å². The summed E-state index contributed by atoms with van der Waals surface area (Å²) in [4.78, 5) is 23.8. The zero-order valence-corrected chi connectivity index (χ0v) is 19.4. The van der Waals surface area contributed by atoms with E-state index < -0.39 is 5.41 Å². The molecule has 2 bridgehead atoms. The summed E-state index contributed by atoms with van der Waals surface area (Å²) in [5.41, 5.74) is 2.28. The summed E-state index contributed by atoms with van der Waals surface area (Å²) in [6.45, 7) is 6.50. The van der Waals surface area contributed by atoms with Crippen LogP contribution in [0.15, 0.2) is 36.4 Å². The molecule has 31 heavy (non-hydrogen) atoms. The van der Waals surface area contributed by atoms with E-state index in [4.69, 9.17) is 37.9 Å². The number of benzene rings is 2. The number of ether oxygens (including phenoxy) is 1. The number of hydrogen-bond donors (Lipinski definition) is 1. The number of aromatic nitrogens is 2. The number of amides is 1. The third kappa shape index (κ3) is 2.53. The van der Waals surface area contributed by atoms with Crippen LogP contribution in [0.25, 0.3) is 11.0 Å². The fraction of sp³-hybridized carbons (Fsp3) is 0.375. The first-order chi connectivity index (χ1) is 14.6. The van der Waals surface area contributed by atoms with Gasteiger partial charge in [-0.3, -0.25) is 4.79 Å². The maximum absolute atomic E-state index is 13.9. The lowest BCUT2D eigenvalue weighted by Gasteiger charge is -2.39. The number of anilines is 1. The molecule has 0 saturated heterocycles. The Labute approximate surface area is 191 Å². The molecule has 2 unspecified atom stereocenters. The number of nitrogens with one attached hydrogen (secondary N) is 1. The second kappa shape index (κ2) is 6.57. The molecule has 1 amide bonds. The van der Waals surface area contributed by atoms with Crippen LogP contribution < -0.4 is 10.1 Å². The Morgan fingerprint density at radius 2 is 1.55 bits per heavy atom. The standard InChI is InChI=1S/C24H23Cl2N3O2/c1-22(2)23(3)9-10-24(22,21(30)27-13-5-7-14(31-4)8-6-13)20-19(23)28-17-11-15(25)16(26)12-18(17)29-20/h5-8,11-12H,9-10H2,1-4H3,(H,27,30). The zero-order chi connectivity index (χ0) is 22.2. The lowest BCUT2D eigenvalue weighted by molar-refractivity contribution is -0.125. The van der Waals surface area contributed by atoms with Gasteiger partial charge >= 0.3 is 0 Å². The molecule has 1 saturated carbocycles. The summed E-state index contributed by atoms with van der Waals surface area (Å²) in [6, 6.07) is 10.8. The number of hydrogen-bond acceptors (Lipinski definition) is 4. The van der Waals surface area contributed by atoms with Crippen molar-refractivity contribution in [3.63, 3.8) is 0 Å². The van der Waals surface area contributed by atoms with E-state index in [0.717, 1.165) is 29.2 Å². The summed E-state index contributed by atoms with van der Waals surface area (Å²) in [7, 11) is 1.62. The first kappa shape index (κ1) is 20.5. The number of methoxy groups -OCH3 is 1. The molecular weight excluding hydrogens is 433 g/mol. The van der Waals surface area contributed by atoms with Gasteiger partial charge in [-0.2, -0.15) is 0 Å². The number of fused-ring (bicyclic) bond motifs is 6. The summed E-state index contributed by atoms with van der Waals surface area (Å²) in [5.74, 6) is 0.683. The third-order valence-corrected chi connectivity index (χ3v) is 8.54. The number of rotatable bonds is 3. The maximum atomic E-state index is 13.9. The SMILES string of the molecule is COc1ccc(NC(=O)C23CCC(C)(c4nc5cc(Cl)c(Cl)cc5nc42)C3(C)C)cc1. The Kier molecular flexibility index (Phi) is 4.35. The van der Waals surface area contributed by atoms with Crippen LogP contribution in [0.4, 0.5) is 5.69 Å². The highest BCUT2D eigenvalue weighted by molar-refractivity contribution is 6.42. The molecule has 1 fully saturated rings. The van der Waals surface area contributed by atoms with Crippen LogP contribution in [-0.4, -0.2) is 23.0 Å². The van der Waals surface area contributed by atoms with Gasteiger partial charge in [-0.25, -0.2) is 9.97 Å². The molecule has 5 rings (SSSR count). The fourth-order valence-electron chi connectivity index (χ4n) is 5.51. The highest BCUT2D eigenvalue weighted by atomic mass is 35.5. The minimum Gasteiger partial charge on any atom is -0.497 e. The van der Waals surface area contributed by atoms with Crippen molar-refractivity contribution < 1.29 is 9.53 Å². The number of carbonyl (C=O) groups is 1. The normalized spacial score (nSPS) is 25.5. The molecule has 1 aromatic heterocycles. The molecule has 1 N–H and O–H groups in total. The van der Waals surface area contributed by atoms with Gasteiger partial charge in [0.1, 0.15) is 5.75 Å². The van der Waals surface area contributed by atoms with Crippen LogP contribution >= 0.6 is 23.2 Å². The smallest absolute Gasteiger partial charge is 0.237 e. The highest BCUT2D eigenvalue weighted by Crippen LogP contribution is 2.70.